The van der Waals surface area contributed by atoms with E-state index in [1.54, 1.807) is 6.92 Å². The number of nitrogens with zero attached hydrogens (tertiary/aromatic N) is 1. The molecule has 2 rings (SSSR count). The molecule has 2 amide bonds. The Hall–Kier alpha value is -2.11. The fourth-order valence-electron chi connectivity index (χ4n) is 1.89. The predicted octanol–water partition coefficient (Wildman–Crippen LogP) is 0.368. The third-order valence-corrected chi connectivity index (χ3v) is 3.01. The Morgan fingerprint density at radius 1 is 1.56 bits per heavy atom. The monoisotopic (exact) mass is 251 g/mol. The Morgan fingerprint density at radius 3 is 2.94 bits per heavy atom. The van der Waals surface area contributed by atoms with Crippen molar-refractivity contribution in [2.24, 2.45) is 0 Å². The molecular formula is C12H14FN3O2. The molecule has 1 aliphatic rings. The largest absolute Gasteiger partial charge is 0.396 e. The summed E-state index contributed by atoms with van der Waals surface area (Å²) in [7, 11) is 0. The fourth-order valence-corrected chi connectivity index (χ4v) is 1.89. The number of hydrogen-bond acceptors (Lipinski definition) is 3. The summed E-state index contributed by atoms with van der Waals surface area (Å²) >= 11 is 0. The molecule has 0 aliphatic carbocycles. The number of nitrogens with two attached hydrogens (primary N) is 1. The summed E-state index contributed by atoms with van der Waals surface area (Å²) in [5, 5.41) is 2.66. The van der Waals surface area contributed by atoms with Gasteiger partial charge in [0.15, 0.2) is 0 Å². The average molecular weight is 251 g/mol. The molecule has 0 aromatic heterocycles. The Morgan fingerprint density at radius 2 is 2.28 bits per heavy atom. The fraction of sp³-hybridized carbons (Fsp3) is 0.333. The molecule has 5 nitrogen and oxygen atoms in total. The van der Waals surface area contributed by atoms with Crippen molar-refractivity contribution in [3.63, 3.8) is 0 Å². The van der Waals surface area contributed by atoms with E-state index >= 15 is 0 Å². The van der Waals surface area contributed by atoms with E-state index in [1.807, 2.05) is 0 Å². The third kappa shape index (κ3) is 2.13. The number of benzene rings is 1. The SMILES string of the molecule is CC1C(=O)NCCN1C(=O)c1ccc(N)c(F)c1. The van der Waals surface area contributed by atoms with E-state index in [1.165, 1.54) is 17.0 Å². The second-order valence-electron chi connectivity index (χ2n) is 4.20. The van der Waals surface area contributed by atoms with Crippen molar-refractivity contribution in [3.8, 4) is 0 Å². The van der Waals surface area contributed by atoms with Crippen LogP contribution in [0.15, 0.2) is 18.2 Å². The first-order valence-electron chi connectivity index (χ1n) is 5.64. The van der Waals surface area contributed by atoms with Crippen molar-refractivity contribution in [1.82, 2.24) is 10.2 Å². The van der Waals surface area contributed by atoms with Crippen LogP contribution in [-0.2, 0) is 4.79 Å². The van der Waals surface area contributed by atoms with Gasteiger partial charge in [-0.05, 0) is 25.1 Å². The lowest BCUT2D eigenvalue weighted by atomic mass is 10.1. The minimum atomic E-state index is -0.630. The predicted molar refractivity (Wildman–Crippen MR) is 64.3 cm³/mol. The number of carbonyl (C=O) groups is 2. The molecule has 1 atom stereocenters. The van der Waals surface area contributed by atoms with Crippen LogP contribution in [0.3, 0.4) is 0 Å². The number of halogens is 1. The summed E-state index contributed by atoms with van der Waals surface area (Å²) in [6.07, 6.45) is 0. The molecule has 3 N–H and O–H groups in total. The molecule has 0 bridgehead atoms. The minimum Gasteiger partial charge on any atom is -0.396 e. The summed E-state index contributed by atoms with van der Waals surface area (Å²) in [5.74, 6) is -1.20. The Kier molecular flexibility index (Phi) is 3.18. The van der Waals surface area contributed by atoms with Crippen LogP contribution in [0.5, 0.6) is 0 Å². The maximum absolute atomic E-state index is 13.3. The van der Waals surface area contributed by atoms with Crippen LogP contribution < -0.4 is 11.1 Å². The molecule has 18 heavy (non-hydrogen) atoms. The number of amides is 2. The van der Waals surface area contributed by atoms with Crippen molar-refractivity contribution >= 4 is 17.5 Å². The van der Waals surface area contributed by atoms with E-state index in [0.717, 1.165) is 6.07 Å². The van der Waals surface area contributed by atoms with Crippen LogP contribution >= 0.6 is 0 Å². The highest BCUT2D eigenvalue weighted by atomic mass is 19.1. The summed E-state index contributed by atoms with van der Waals surface area (Å²) in [6, 6.07) is 3.35. The zero-order chi connectivity index (χ0) is 13.3. The number of carbonyl (C=O) groups excluding carboxylic acids is 2. The van der Waals surface area contributed by atoms with Gasteiger partial charge < -0.3 is 16.0 Å². The van der Waals surface area contributed by atoms with E-state index in [-0.39, 0.29) is 23.1 Å². The van der Waals surface area contributed by atoms with Gasteiger partial charge in [-0.1, -0.05) is 0 Å². The molecular weight excluding hydrogens is 237 g/mol. The third-order valence-electron chi connectivity index (χ3n) is 3.01. The minimum absolute atomic E-state index is 0.00372. The first kappa shape index (κ1) is 12.3. The van der Waals surface area contributed by atoms with Crippen LogP contribution in [-0.4, -0.2) is 35.8 Å². The molecule has 0 spiro atoms. The smallest absolute Gasteiger partial charge is 0.254 e. The number of nitrogens with one attached hydrogen (secondary N) is 1. The van der Waals surface area contributed by atoms with Gasteiger partial charge in [-0.2, -0.15) is 0 Å². The van der Waals surface area contributed by atoms with Gasteiger partial charge in [0.2, 0.25) is 5.91 Å². The van der Waals surface area contributed by atoms with Crippen LogP contribution in [0, 0.1) is 5.82 Å². The Bertz CT molecular complexity index is 504. The molecule has 1 aliphatic heterocycles. The zero-order valence-electron chi connectivity index (χ0n) is 9.94. The van der Waals surface area contributed by atoms with Crippen molar-refractivity contribution in [3.05, 3.63) is 29.6 Å². The van der Waals surface area contributed by atoms with Gasteiger partial charge in [0.05, 0.1) is 5.69 Å². The quantitative estimate of drug-likeness (QED) is 0.708. The van der Waals surface area contributed by atoms with Crippen LogP contribution in [0.25, 0.3) is 0 Å². The topological polar surface area (TPSA) is 75.4 Å². The highest BCUT2D eigenvalue weighted by Crippen LogP contribution is 2.16. The van der Waals surface area contributed by atoms with Gasteiger partial charge in [-0.3, -0.25) is 9.59 Å². The second kappa shape index (κ2) is 4.64. The highest BCUT2D eigenvalue weighted by Gasteiger charge is 2.29. The van der Waals surface area contributed by atoms with Gasteiger partial charge >= 0.3 is 0 Å². The zero-order valence-corrected chi connectivity index (χ0v) is 9.94. The van der Waals surface area contributed by atoms with E-state index in [0.29, 0.717) is 13.1 Å². The molecule has 1 fully saturated rings. The molecule has 6 heteroatoms. The Labute approximate surface area is 104 Å². The van der Waals surface area contributed by atoms with Crippen molar-refractivity contribution in [1.29, 1.82) is 0 Å². The van der Waals surface area contributed by atoms with E-state index < -0.39 is 11.9 Å². The number of piperazine rings is 1. The molecule has 96 valence electrons. The van der Waals surface area contributed by atoms with Crippen LogP contribution in [0.4, 0.5) is 10.1 Å². The molecule has 1 aromatic carbocycles. The van der Waals surface area contributed by atoms with E-state index in [9.17, 15) is 14.0 Å². The van der Waals surface area contributed by atoms with Gasteiger partial charge in [-0.15, -0.1) is 0 Å². The summed E-state index contributed by atoms with van der Waals surface area (Å²) in [6.45, 7) is 2.46. The maximum Gasteiger partial charge on any atom is 0.254 e. The van der Waals surface area contributed by atoms with Crippen molar-refractivity contribution in [2.45, 2.75) is 13.0 Å². The van der Waals surface area contributed by atoms with Crippen LogP contribution in [0.2, 0.25) is 0 Å². The molecule has 1 unspecified atom stereocenters. The molecule has 0 saturated carbocycles. The lowest BCUT2D eigenvalue weighted by Gasteiger charge is -2.32. The second-order valence-corrected chi connectivity index (χ2v) is 4.20. The highest BCUT2D eigenvalue weighted by molar-refractivity contribution is 5.98. The maximum atomic E-state index is 13.3. The number of nitrogen functional groups attached to an aromatic ring is 1. The Balaban J connectivity index is 2.25. The van der Waals surface area contributed by atoms with Crippen LogP contribution in [0.1, 0.15) is 17.3 Å². The van der Waals surface area contributed by atoms with Crippen molar-refractivity contribution in [2.75, 3.05) is 18.8 Å². The summed E-state index contributed by atoms with van der Waals surface area (Å²) in [4.78, 5) is 25.0. The average Bonchev–Trinajstić information content (AvgIpc) is 2.35. The molecule has 1 saturated heterocycles. The normalized spacial score (nSPS) is 19.6. The lowest BCUT2D eigenvalue weighted by molar-refractivity contribution is -0.127. The van der Waals surface area contributed by atoms with Gasteiger partial charge in [0, 0.05) is 18.7 Å². The van der Waals surface area contributed by atoms with Gasteiger partial charge in [-0.25, -0.2) is 4.39 Å². The molecule has 1 aromatic rings. The summed E-state index contributed by atoms with van der Waals surface area (Å²) < 4.78 is 13.3. The molecule has 1 heterocycles. The number of hydrogen-bond donors (Lipinski definition) is 2. The number of rotatable bonds is 1. The van der Waals surface area contributed by atoms with Crippen molar-refractivity contribution < 1.29 is 14.0 Å². The summed E-state index contributed by atoms with van der Waals surface area (Å²) in [5.41, 5.74) is 5.55. The standard InChI is InChI=1S/C12H14FN3O2/c1-7-11(17)15-4-5-16(7)12(18)8-2-3-10(14)9(13)6-8/h2-3,6-7H,4-5,14H2,1H3,(H,15,17). The van der Waals surface area contributed by atoms with E-state index in [2.05, 4.69) is 5.32 Å². The van der Waals surface area contributed by atoms with Gasteiger partial charge in [0.25, 0.3) is 5.91 Å². The lowest BCUT2D eigenvalue weighted by Crippen LogP contribution is -2.55. The first-order valence-corrected chi connectivity index (χ1v) is 5.64. The van der Waals surface area contributed by atoms with E-state index in [4.69, 9.17) is 5.73 Å². The molecule has 0 radical (unpaired) electrons. The van der Waals surface area contributed by atoms with Gasteiger partial charge in [0.1, 0.15) is 11.9 Å². The first-order chi connectivity index (χ1) is 8.50. The number of anilines is 1.